The number of hydrogen-bond acceptors (Lipinski definition) is 6. The van der Waals surface area contributed by atoms with Gasteiger partial charge < -0.3 is 19.5 Å². The Morgan fingerprint density at radius 2 is 1.66 bits per heavy atom. The fraction of sp³-hybridized carbons (Fsp3) is 0.276. The van der Waals surface area contributed by atoms with Crippen LogP contribution in [0.15, 0.2) is 84.0 Å². The lowest BCUT2D eigenvalue weighted by Gasteiger charge is -2.22. The molecule has 2 N–H and O–H groups in total. The summed E-state index contributed by atoms with van der Waals surface area (Å²) in [5.74, 6) is 0.0256. The van der Waals surface area contributed by atoms with Crippen LogP contribution in [-0.2, 0) is 27.5 Å². The van der Waals surface area contributed by atoms with Crippen molar-refractivity contribution in [3.63, 3.8) is 0 Å². The molecule has 0 unspecified atom stereocenters. The number of hydrogen-bond donors (Lipinski definition) is 2. The van der Waals surface area contributed by atoms with Gasteiger partial charge in [0.15, 0.2) is 0 Å². The van der Waals surface area contributed by atoms with E-state index in [9.17, 15) is 9.59 Å². The zero-order chi connectivity index (χ0) is 27.4. The molecule has 0 radical (unpaired) electrons. The zero-order valence-corrected chi connectivity index (χ0v) is 22.4. The molecule has 0 aromatic heterocycles. The second-order valence-electron chi connectivity index (χ2n) is 9.39. The summed E-state index contributed by atoms with van der Waals surface area (Å²) in [4.78, 5) is 25.2. The van der Waals surface area contributed by atoms with Crippen molar-refractivity contribution in [2.75, 3.05) is 6.61 Å². The predicted molar refractivity (Wildman–Crippen MR) is 147 cm³/mol. The Morgan fingerprint density at radius 1 is 0.947 bits per heavy atom. The van der Waals surface area contributed by atoms with Crippen LogP contribution in [0.25, 0.3) is 0 Å². The second kappa shape index (κ2) is 14.2. The molecule has 0 spiro atoms. The second-order valence-corrected chi connectivity index (χ2v) is 9.83. The number of carbonyl (C=O) groups is 2. The average molecular weight is 538 g/mol. The van der Waals surface area contributed by atoms with Gasteiger partial charge >= 0.3 is 6.09 Å². The van der Waals surface area contributed by atoms with Crippen molar-refractivity contribution in [1.82, 2.24) is 10.7 Å². The van der Waals surface area contributed by atoms with Gasteiger partial charge in [0.2, 0.25) is 0 Å². The molecule has 0 saturated heterocycles. The summed E-state index contributed by atoms with van der Waals surface area (Å²) < 4.78 is 16.9. The van der Waals surface area contributed by atoms with Gasteiger partial charge in [-0.05, 0) is 56.2 Å². The first-order valence-electron chi connectivity index (χ1n) is 12.1. The van der Waals surface area contributed by atoms with Crippen LogP contribution in [0, 0.1) is 0 Å². The largest absolute Gasteiger partial charge is 0.488 e. The summed E-state index contributed by atoms with van der Waals surface area (Å²) in [5.41, 5.74) is 4.27. The SMILES string of the molecule is CC(C)(C)OC(=O)N[C@@H](COCc1ccccc1)C(=O)N/N=C\c1ccccc1OCc1cccc(Cl)c1. The Kier molecular flexibility index (Phi) is 10.7. The molecule has 3 rings (SSSR count). The van der Waals surface area contributed by atoms with Gasteiger partial charge in [0.05, 0.1) is 19.4 Å². The molecule has 0 bridgehead atoms. The van der Waals surface area contributed by atoms with Crippen LogP contribution in [0.2, 0.25) is 5.02 Å². The van der Waals surface area contributed by atoms with Crippen molar-refractivity contribution in [2.24, 2.45) is 5.10 Å². The minimum atomic E-state index is -1.03. The van der Waals surface area contributed by atoms with Gasteiger partial charge in [-0.15, -0.1) is 0 Å². The fourth-order valence-corrected chi connectivity index (χ4v) is 3.46. The number of ether oxygens (including phenoxy) is 3. The molecule has 0 aliphatic rings. The Morgan fingerprint density at radius 3 is 2.39 bits per heavy atom. The summed E-state index contributed by atoms with van der Waals surface area (Å²) in [6.07, 6.45) is 0.741. The maximum Gasteiger partial charge on any atom is 0.408 e. The Bertz CT molecular complexity index is 1230. The normalized spacial score (nSPS) is 12.1. The van der Waals surface area contributed by atoms with E-state index < -0.39 is 23.6 Å². The van der Waals surface area contributed by atoms with Crippen LogP contribution < -0.4 is 15.5 Å². The van der Waals surface area contributed by atoms with Gasteiger partial charge in [0.25, 0.3) is 5.91 Å². The molecule has 0 saturated carbocycles. The van der Waals surface area contributed by atoms with Crippen molar-refractivity contribution in [1.29, 1.82) is 0 Å². The molecule has 3 aromatic carbocycles. The smallest absolute Gasteiger partial charge is 0.408 e. The first-order valence-corrected chi connectivity index (χ1v) is 12.5. The third-order valence-electron chi connectivity index (χ3n) is 4.98. The van der Waals surface area contributed by atoms with E-state index in [-0.39, 0.29) is 13.2 Å². The maximum absolute atomic E-state index is 12.9. The van der Waals surface area contributed by atoms with E-state index in [4.69, 9.17) is 25.8 Å². The molecule has 3 aromatic rings. The van der Waals surface area contributed by atoms with Crippen LogP contribution in [-0.4, -0.2) is 36.5 Å². The molecule has 9 heteroatoms. The molecule has 200 valence electrons. The van der Waals surface area contributed by atoms with E-state index in [1.807, 2.05) is 66.7 Å². The number of para-hydroxylation sites is 1. The van der Waals surface area contributed by atoms with Crippen molar-refractivity contribution in [3.05, 3.63) is 101 Å². The maximum atomic E-state index is 12.9. The summed E-state index contributed by atoms with van der Waals surface area (Å²) >= 11 is 6.05. The van der Waals surface area contributed by atoms with Crippen molar-refractivity contribution >= 4 is 29.8 Å². The zero-order valence-electron chi connectivity index (χ0n) is 21.6. The van der Waals surface area contributed by atoms with Crippen molar-refractivity contribution < 1.29 is 23.8 Å². The van der Waals surface area contributed by atoms with Crippen LogP contribution >= 0.6 is 11.6 Å². The van der Waals surface area contributed by atoms with Gasteiger partial charge in [-0.2, -0.15) is 5.10 Å². The molecule has 1 atom stereocenters. The predicted octanol–water partition coefficient (Wildman–Crippen LogP) is 5.48. The van der Waals surface area contributed by atoms with Crippen LogP contribution in [0.1, 0.15) is 37.5 Å². The highest BCUT2D eigenvalue weighted by atomic mass is 35.5. The van der Waals surface area contributed by atoms with E-state index in [0.717, 1.165) is 11.1 Å². The van der Waals surface area contributed by atoms with E-state index in [1.165, 1.54) is 6.21 Å². The lowest BCUT2D eigenvalue weighted by molar-refractivity contribution is -0.124. The van der Waals surface area contributed by atoms with Crippen molar-refractivity contribution in [2.45, 2.75) is 45.6 Å². The van der Waals surface area contributed by atoms with Crippen LogP contribution in [0.3, 0.4) is 0 Å². The molecular weight excluding hydrogens is 506 g/mol. The minimum absolute atomic E-state index is 0.0746. The minimum Gasteiger partial charge on any atom is -0.488 e. The first kappa shape index (κ1) is 28.7. The number of alkyl carbamates (subject to hydrolysis) is 1. The standard InChI is InChI=1S/C29H32ClN3O5/c1-29(2,3)38-28(35)32-25(20-36-18-21-10-5-4-6-11-21)27(34)33-31-17-23-13-7-8-15-26(23)37-19-22-12-9-14-24(30)16-22/h4-17,25H,18-20H2,1-3H3,(H,32,35)(H,33,34)/b31-17-/t25-/m0/s1. The Hall–Kier alpha value is -3.88. The Labute approximate surface area is 227 Å². The quantitative estimate of drug-likeness (QED) is 0.249. The molecule has 0 aliphatic carbocycles. The number of benzene rings is 3. The summed E-state index contributed by atoms with van der Waals surface area (Å²) in [7, 11) is 0. The monoisotopic (exact) mass is 537 g/mol. The van der Waals surface area contributed by atoms with E-state index >= 15 is 0 Å². The highest BCUT2D eigenvalue weighted by Gasteiger charge is 2.24. The van der Waals surface area contributed by atoms with Gasteiger partial charge in [-0.3, -0.25) is 4.79 Å². The molecule has 0 aliphatic heterocycles. The van der Waals surface area contributed by atoms with E-state index in [0.29, 0.717) is 22.9 Å². The summed E-state index contributed by atoms with van der Waals surface area (Å²) in [6, 6.07) is 23.2. The lowest BCUT2D eigenvalue weighted by atomic mass is 10.2. The van der Waals surface area contributed by atoms with Crippen molar-refractivity contribution in [3.8, 4) is 5.75 Å². The third-order valence-corrected chi connectivity index (χ3v) is 5.22. The topological polar surface area (TPSA) is 98.2 Å². The number of carbonyl (C=O) groups excluding carboxylic acids is 2. The van der Waals surface area contributed by atoms with Gasteiger partial charge in [0.1, 0.15) is 24.0 Å². The van der Waals surface area contributed by atoms with Crippen LogP contribution in [0.5, 0.6) is 5.75 Å². The Balaban J connectivity index is 1.61. The van der Waals surface area contributed by atoms with E-state index in [1.54, 1.807) is 32.9 Å². The summed E-state index contributed by atoms with van der Waals surface area (Å²) in [5, 5.41) is 7.25. The molecule has 0 heterocycles. The number of halogens is 1. The number of amides is 2. The third kappa shape index (κ3) is 10.2. The molecular formula is C29H32ClN3O5. The number of hydrazone groups is 1. The number of nitrogens with one attached hydrogen (secondary N) is 2. The lowest BCUT2D eigenvalue weighted by Crippen LogP contribution is -2.49. The van der Waals surface area contributed by atoms with Gasteiger partial charge in [-0.25, -0.2) is 10.2 Å². The molecule has 2 amide bonds. The average Bonchev–Trinajstić information content (AvgIpc) is 2.87. The first-order chi connectivity index (χ1) is 18.2. The molecule has 38 heavy (non-hydrogen) atoms. The summed E-state index contributed by atoms with van der Waals surface area (Å²) in [6.45, 7) is 5.74. The van der Waals surface area contributed by atoms with E-state index in [2.05, 4.69) is 15.8 Å². The molecule has 8 nitrogen and oxygen atoms in total. The van der Waals surface area contributed by atoms with Crippen LogP contribution in [0.4, 0.5) is 4.79 Å². The molecule has 0 fully saturated rings. The highest BCUT2D eigenvalue weighted by molar-refractivity contribution is 6.30. The highest BCUT2D eigenvalue weighted by Crippen LogP contribution is 2.19. The number of rotatable bonds is 11. The fourth-order valence-electron chi connectivity index (χ4n) is 3.25. The van der Waals surface area contributed by atoms with Gasteiger partial charge in [0, 0.05) is 10.6 Å². The van der Waals surface area contributed by atoms with Gasteiger partial charge in [-0.1, -0.05) is 66.2 Å². The number of nitrogens with zero attached hydrogens (tertiary/aromatic N) is 1.